The first-order valence-corrected chi connectivity index (χ1v) is 11.6. The molecule has 7 nitrogen and oxygen atoms in total. The van der Waals surface area contributed by atoms with Gasteiger partial charge in [-0.1, -0.05) is 38.1 Å². The SMILES string of the molecule is CCOc1ccccc1OC1CCN(C(=O)C(NC(=O)c2ccccc2OC)C(C)C)CC1. The highest BCUT2D eigenvalue weighted by Gasteiger charge is 2.32. The standard InChI is InChI=1S/C26H34N2O5/c1-5-32-22-12-8-9-13-23(22)33-19-14-16-28(17-15-19)26(30)24(18(2)3)27-25(29)20-10-6-7-11-21(20)31-4/h6-13,18-19,24H,5,14-17H2,1-4H3,(H,27,29). The number of carbonyl (C=O) groups excluding carboxylic acids is 2. The summed E-state index contributed by atoms with van der Waals surface area (Å²) in [6.45, 7) is 7.54. The van der Waals surface area contributed by atoms with E-state index < -0.39 is 6.04 Å². The van der Waals surface area contributed by atoms with E-state index in [1.165, 1.54) is 7.11 Å². The maximum absolute atomic E-state index is 13.3. The molecule has 0 aliphatic carbocycles. The second-order valence-corrected chi connectivity index (χ2v) is 8.42. The number of piperidine rings is 1. The Labute approximate surface area is 196 Å². The van der Waals surface area contributed by atoms with Crippen LogP contribution in [0.15, 0.2) is 48.5 Å². The molecule has 33 heavy (non-hydrogen) atoms. The third kappa shape index (κ3) is 6.18. The van der Waals surface area contributed by atoms with E-state index in [0.717, 1.165) is 24.3 Å². The summed E-state index contributed by atoms with van der Waals surface area (Å²) in [6, 6.07) is 14.0. The number of methoxy groups -OCH3 is 1. The molecule has 0 saturated carbocycles. The quantitative estimate of drug-likeness (QED) is 0.622. The number of nitrogens with one attached hydrogen (secondary N) is 1. The van der Waals surface area contributed by atoms with Crippen LogP contribution in [-0.2, 0) is 4.79 Å². The Kier molecular flexibility index (Phi) is 8.58. The molecule has 7 heteroatoms. The predicted octanol–water partition coefficient (Wildman–Crippen LogP) is 3.92. The number of hydrogen-bond donors (Lipinski definition) is 1. The Morgan fingerprint density at radius 3 is 2.21 bits per heavy atom. The molecule has 178 valence electrons. The second-order valence-electron chi connectivity index (χ2n) is 8.42. The first kappa shape index (κ1) is 24.4. The van der Waals surface area contributed by atoms with E-state index >= 15 is 0 Å². The van der Waals surface area contributed by atoms with E-state index in [9.17, 15) is 9.59 Å². The summed E-state index contributed by atoms with van der Waals surface area (Å²) in [6.07, 6.45) is 1.45. The molecule has 1 aliphatic rings. The van der Waals surface area contributed by atoms with Crippen LogP contribution in [0.4, 0.5) is 0 Å². The van der Waals surface area contributed by atoms with E-state index in [0.29, 0.717) is 31.0 Å². The van der Waals surface area contributed by atoms with Gasteiger partial charge in [0.2, 0.25) is 5.91 Å². The molecule has 1 aliphatic heterocycles. The molecule has 3 rings (SSSR count). The lowest BCUT2D eigenvalue weighted by atomic mass is 9.99. The minimum Gasteiger partial charge on any atom is -0.496 e. The lowest BCUT2D eigenvalue weighted by molar-refractivity contribution is -0.136. The van der Waals surface area contributed by atoms with Gasteiger partial charge >= 0.3 is 0 Å². The maximum atomic E-state index is 13.3. The van der Waals surface area contributed by atoms with Crippen molar-refractivity contribution < 1.29 is 23.8 Å². The van der Waals surface area contributed by atoms with Crippen molar-refractivity contribution in [2.45, 2.75) is 45.8 Å². The Balaban J connectivity index is 1.60. The number of amides is 2. The fourth-order valence-electron chi connectivity index (χ4n) is 3.96. The van der Waals surface area contributed by atoms with Gasteiger partial charge in [0.25, 0.3) is 5.91 Å². The van der Waals surface area contributed by atoms with E-state index in [1.54, 1.807) is 24.3 Å². The van der Waals surface area contributed by atoms with Crippen molar-refractivity contribution in [2.24, 2.45) is 5.92 Å². The average Bonchev–Trinajstić information content (AvgIpc) is 2.83. The molecule has 1 fully saturated rings. The largest absolute Gasteiger partial charge is 0.496 e. The molecule has 0 aromatic heterocycles. The van der Waals surface area contributed by atoms with Crippen LogP contribution < -0.4 is 19.5 Å². The summed E-state index contributed by atoms with van der Waals surface area (Å²) in [4.78, 5) is 28.0. The zero-order valence-corrected chi connectivity index (χ0v) is 19.9. The molecule has 2 aromatic rings. The normalized spacial score (nSPS) is 15.1. The lowest BCUT2D eigenvalue weighted by Gasteiger charge is -2.35. The zero-order chi connectivity index (χ0) is 23.8. The minimum atomic E-state index is -0.612. The van der Waals surface area contributed by atoms with Crippen molar-refractivity contribution in [2.75, 3.05) is 26.8 Å². The average molecular weight is 455 g/mol. The third-order valence-electron chi connectivity index (χ3n) is 5.77. The summed E-state index contributed by atoms with van der Waals surface area (Å²) in [5.74, 6) is 1.51. The van der Waals surface area contributed by atoms with Crippen molar-refractivity contribution >= 4 is 11.8 Å². The molecule has 2 aromatic carbocycles. The topological polar surface area (TPSA) is 77.1 Å². The highest BCUT2D eigenvalue weighted by Crippen LogP contribution is 2.29. The van der Waals surface area contributed by atoms with Crippen LogP contribution in [0.1, 0.15) is 44.0 Å². The number of rotatable bonds is 9. The number of nitrogens with zero attached hydrogens (tertiary/aromatic N) is 1. The molecular formula is C26H34N2O5. The van der Waals surface area contributed by atoms with Crippen LogP contribution >= 0.6 is 0 Å². The third-order valence-corrected chi connectivity index (χ3v) is 5.77. The second kappa shape index (κ2) is 11.6. The minimum absolute atomic E-state index is 0.0105. The molecule has 1 unspecified atom stereocenters. The van der Waals surface area contributed by atoms with Gasteiger partial charge in [0.05, 0.1) is 19.3 Å². The first-order valence-electron chi connectivity index (χ1n) is 11.6. The molecule has 2 amide bonds. The van der Waals surface area contributed by atoms with Crippen molar-refractivity contribution in [1.29, 1.82) is 0 Å². The fraction of sp³-hybridized carbons (Fsp3) is 0.462. The summed E-state index contributed by atoms with van der Waals surface area (Å²) in [5.41, 5.74) is 0.415. The van der Waals surface area contributed by atoms with Crippen LogP contribution in [0.25, 0.3) is 0 Å². The van der Waals surface area contributed by atoms with Crippen LogP contribution in [0.2, 0.25) is 0 Å². The first-order chi connectivity index (χ1) is 15.9. The van der Waals surface area contributed by atoms with Gasteiger partial charge in [0.15, 0.2) is 11.5 Å². The number of likely N-dealkylation sites (tertiary alicyclic amines) is 1. The van der Waals surface area contributed by atoms with Gasteiger partial charge in [0, 0.05) is 25.9 Å². The van der Waals surface area contributed by atoms with E-state index in [-0.39, 0.29) is 23.8 Å². The van der Waals surface area contributed by atoms with Gasteiger partial charge in [0.1, 0.15) is 17.9 Å². The highest BCUT2D eigenvalue weighted by molar-refractivity contribution is 5.99. The van der Waals surface area contributed by atoms with Crippen molar-refractivity contribution in [3.05, 3.63) is 54.1 Å². The van der Waals surface area contributed by atoms with Crippen LogP contribution in [0.3, 0.4) is 0 Å². The Hall–Kier alpha value is -3.22. The summed E-state index contributed by atoms with van der Waals surface area (Å²) in [7, 11) is 1.52. The monoisotopic (exact) mass is 454 g/mol. The Morgan fingerprint density at radius 2 is 1.61 bits per heavy atom. The van der Waals surface area contributed by atoms with Gasteiger partial charge in [-0.05, 0) is 37.1 Å². The van der Waals surface area contributed by atoms with Crippen LogP contribution in [0, 0.1) is 5.92 Å². The van der Waals surface area contributed by atoms with Gasteiger partial charge in [-0.25, -0.2) is 0 Å². The number of ether oxygens (including phenoxy) is 3. The van der Waals surface area contributed by atoms with Gasteiger partial charge in [-0.3, -0.25) is 9.59 Å². The smallest absolute Gasteiger partial charge is 0.255 e. The number of benzene rings is 2. The summed E-state index contributed by atoms with van der Waals surface area (Å²) >= 11 is 0. The van der Waals surface area contributed by atoms with Crippen LogP contribution in [0.5, 0.6) is 17.2 Å². The molecule has 0 spiro atoms. The Bertz CT molecular complexity index is 938. The fourth-order valence-corrected chi connectivity index (χ4v) is 3.96. The van der Waals surface area contributed by atoms with Crippen molar-refractivity contribution in [3.63, 3.8) is 0 Å². The van der Waals surface area contributed by atoms with Crippen molar-refractivity contribution in [3.8, 4) is 17.2 Å². The molecular weight excluding hydrogens is 420 g/mol. The van der Waals surface area contributed by atoms with Gasteiger partial charge < -0.3 is 24.4 Å². The van der Waals surface area contributed by atoms with Gasteiger partial charge in [-0.2, -0.15) is 0 Å². The van der Waals surface area contributed by atoms with E-state index in [4.69, 9.17) is 14.2 Å². The summed E-state index contributed by atoms with van der Waals surface area (Å²) < 4.78 is 17.1. The zero-order valence-electron chi connectivity index (χ0n) is 19.9. The number of para-hydroxylation sites is 3. The number of carbonyl (C=O) groups is 2. The molecule has 1 saturated heterocycles. The summed E-state index contributed by atoms with van der Waals surface area (Å²) in [5, 5.41) is 2.92. The molecule has 1 atom stereocenters. The molecule has 0 bridgehead atoms. The molecule has 1 N–H and O–H groups in total. The predicted molar refractivity (Wildman–Crippen MR) is 127 cm³/mol. The number of hydrogen-bond acceptors (Lipinski definition) is 5. The maximum Gasteiger partial charge on any atom is 0.255 e. The van der Waals surface area contributed by atoms with Crippen molar-refractivity contribution in [1.82, 2.24) is 10.2 Å². The highest BCUT2D eigenvalue weighted by atomic mass is 16.5. The Morgan fingerprint density at radius 1 is 1.00 bits per heavy atom. The van der Waals surface area contributed by atoms with E-state index in [2.05, 4.69) is 5.32 Å². The van der Waals surface area contributed by atoms with E-state index in [1.807, 2.05) is 49.9 Å². The van der Waals surface area contributed by atoms with Crippen LogP contribution in [-0.4, -0.2) is 55.7 Å². The molecule has 1 heterocycles. The lowest BCUT2D eigenvalue weighted by Crippen LogP contribution is -2.53. The molecule has 0 radical (unpaired) electrons. The van der Waals surface area contributed by atoms with Gasteiger partial charge in [-0.15, -0.1) is 0 Å².